The van der Waals surface area contributed by atoms with Crippen LogP contribution in [0.3, 0.4) is 0 Å². The first kappa shape index (κ1) is 17.6. The molecule has 0 amide bonds. The van der Waals surface area contributed by atoms with Crippen molar-refractivity contribution in [2.24, 2.45) is 0 Å². The van der Waals surface area contributed by atoms with Crippen molar-refractivity contribution in [1.29, 1.82) is 0 Å². The van der Waals surface area contributed by atoms with Crippen LogP contribution in [0.4, 0.5) is 5.69 Å². The van der Waals surface area contributed by atoms with Crippen molar-refractivity contribution in [1.82, 2.24) is 4.90 Å². The van der Waals surface area contributed by atoms with E-state index in [0.29, 0.717) is 11.6 Å². The molecule has 2 aromatic carbocycles. The molecule has 1 heterocycles. The van der Waals surface area contributed by atoms with Gasteiger partial charge in [-0.3, -0.25) is 4.90 Å². The summed E-state index contributed by atoms with van der Waals surface area (Å²) in [5.74, 6) is 0. The second-order valence-corrected chi connectivity index (χ2v) is 7.31. The summed E-state index contributed by atoms with van der Waals surface area (Å²) < 4.78 is 0. The Bertz CT molecular complexity index is 674. The zero-order valence-corrected chi connectivity index (χ0v) is 15.4. The Morgan fingerprint density at radius 1 is 1.08 bits per heavy atom. The number of β-amino-alcohol motifs (C(OH)–C–C–N with tert-alkyl or cyclic N) is 1. The third-order valence-corrected chi connectivity index (χ3v) is 5.48. The maximum absolute atomic E-state index is 10.4. The quantitative estimate of drug-likeness (QED) is 0.815. The molecule has 0 spiro atoms. The van der Waals surface area contributed by atoms with E-state index < -0.39 is 6.10 Å². The van der Waals surface area contributed by atoms with Crippen LogP contribution >= 0.6 is 23.4 Å². The van der Waals surface area contributed by atoms with E-state index in [2.05, 4.69) is 40.3 Å². The number of aliphatic hydroxyl groups is 1. The summed E-state index contributed by atoms with van der Waals surface area (Å²) in [7, 11) is 0. The molecule has 128 valence electrons. The van der Waals surface area contributed by atoms with E-state index in [1.807, 2.05) is 24.3 Å². The number of hydrogen-bond donors (Lipinski definition) is 1. The van der Waals surface area contributed by atoms with Crippen LogP contribution in [0.5, 0.6) is 0 Å². The van der Waals surface area contributed by atoms with Gasteiger partial charge in [-0.2, -0.15) is 0 Å². The number of halogens is 1. The highest BCUT2D eigenvalue weighted by atomic mass is 35.5. The number of aliphatic hydroxyl groups excluding tert-OH is 1. The third kappa shape index (κ3) is 4.25. The molecule has 0 aromatic heterocycles. The largest absolute Gasteiger partial charge is 0.387 e. The Labute approximate surface area is 153 Å². The molecule has 1 aliphatic rings. The molecule has 0 bridgehead atoms. The van der Waals surface area contributed by atoms with Crippen molar-refractivity contribution < 1.29 is 5.11 Å². The lowest BCUT2D eigenvalue weighted by Crippen LogP contribution is -2.47. The number of hydrogen-bond acceptors (Lipinski definition) is 4. The Hall–Kier alpha value is -1.20. The van der Waals surface area contributed by atoms with E-state index in [1.165, 1.54) is 10.6 Å². The van der Waals surface area contributed by atoms with Crippen molar-refractivity contribution >= 4 is 29.1 Å². The summed E-state index contributed by atoms with van der Waals surface area (Å²) in [4.78, 5) is 6.09. The van der Waals surface area contributed by atoms with Gasteiger partial charge in [0.2, 0.25) is 0 Å². The van der Waals surface area contributed by atoms with Gasteiger partial charge in [-0.25, -0.2) is 0 Å². The summed E-state index contributed by atoms with van der Waals surface area (Å²) in [5.41, 5.74) is 2.21. The van der Waals surface area contributed by atoms with Gasteiger partial charge in [0.15, 0.2) is 0 Å². The fourth-order valence-corrected chi connectivity index (χ4v) is 3.95. The van der Waals surface area contributed by atoms with Crippen LogP contribution in [0.1, 0.15) is 11.7 Å². The van der Waals surface area contributed by atoms with Crippen molar-refractivity contribution in [3.8, 4) is 0 Å². The van der Waals surface area contributed by atoms with E-state index in [4.69, 9.17) is 11.6 Å². The molecule has 3 rings (SSSR count). The van der Waals surface area contributed by atoms with Gasteiger partial charge in [0.05, 0.1) is 11.8 Å². The molecule has 3 nitrogen and oxygen atoms in total. The standard InChI is InChI=1S/C19H23ClN2OS/c1-24-19-8-3-2-7-17(19)22-11-9-21(10-12-22)14-18(23)15-5-4-6-16(20)13-15/h2-8,13,18,23H,9-12,14H2,1H3. The minimum Gasteiger partial charge on any atom is -0.387 e. The number of nitrogens with zero attached hydrogens (tertiary/aromatic N) is 2. The third-order valence-electron chi connectivity index (χ3n) is 4.46. The van der Waals surface area contributed by atoms with Gasteiger partial charge in [-0.15, -0.1) is 11.8 Å². The van der Waals surface area contributed by atoms with E-state index >= 15 is 0 Å². The van der Waals surface area contributed by atoms with Crippen molar-refractivity contribution in [3.05, 3.63) is 59.1 Å². The molecule has 1 N–H and O–H groups in total. The van der Waals surface area contributed by atoms with Crippen LogP contribution < -0.4 is 4.90 Å². The fourth-order valence-electron chi connectivity index (χ4n) is 3.13. The number of benzene rings is 2. The van der Waals surface area contributed by atoms with Crippen molar-refractivity contribution in [2.45, 2.75) is 11.0 Å². The van der Waals surface area contributed by atoms with Gasteiger partial charge < -0.3 is 10.0 Å². The smallest absolute Gasteiger partial charge is 0.0917 e. The van der Waals surface area contributed by atoms with E-state index in [-0.39, 0.29) is 0 Å². The predicted molar refractivity (Wildman–Crippen MR) is 103 cm³/mol. The second kappa shape index (κ2) is 8.26. The molecule has 0 radical (unpaired) electrons. The van der Waals surface area contributed by atoms with Crippen LogP contribution in [0.15, 0.2) is 53.4 Å². The fraction of sp³-hybridized carbons (Fsp3) is 0.368. The van der Waals surface area contributed by atoms with E-state index in [9.17, 15) is 5.11 Å². The molecule has 1 atom stereocenters. The molecule has 1 saturated heterocycles. The molecule has 1 unspecified atom stereocenters. The summed E-state index contributed by atoms with van der Waals surface area (Å²) in [6.07, 6.45) is 1.63. The van der Waals surface area contributed by atoms with Crippen LogP contribution in [-0.2, 0) is 0 Å². The normalized spacial score (nSPS) is 17.0. The minimum absolute atomic E-state index is 0.492. The average Bonchev–Trinajstić information content (AvgIpc) is 2.62. The zero-order chi connectivity index (χ0) is 16.9. The molecule has 1 aliphatic heterocycles. The Morgan fingerprint density at radius 3 is 2.54 bits per heavy atom. The summed E-state index contributed by atoms with van der Waals surface area (Å²) in [6, 6.07) is 16.1. The summed E-state index contributed by atoms with van der Waals surface area (Å²) in [5, 5.41) is 11.1. The maximum Gasteiger partial charge on any atom is 0.0917 e. The highest BCUT2D eigenvalue weighted by Crippen LogP contribution is 2.29. The first-order chi connectivity index (χ1) is 11.7. The molecule has 24 heavy (non-hydrogen) atoms. The van der Waals surface area contributed by atoms with Crippen LogP contribution in [0.2, 0.25) is 5.02 Å². The predicted octanol–water partition coefficient (Wildman–Crippen LogP) is 3.92. The average molecular weight is 363 g/mol. The molecule has 0 aliphatic carbocycles. The zero-order valence-electron chi connectivity index (χ0n) is 13.9. The number of piperazine rings is 1. The number of rotatable bonds is 5. The molecule has 1 fully saturated rings. The lowest BCUT2D eigenvalue weighted by Gasteiger charge is -2.37. The summed E-state index contributed by atoms with van der Waals surface area (Å²) >= 11 is 7.81. The van der Waals surface area contributed by atoms with Crippen LogP contribution in [0.25, 0.3) is 0 Å². The molecule has 5 heteroatoms. The van der Waals surface area contributed by atoms with Crippen molar-refractivity contribution in [3.63, 3.8) is 0 Å². The van der Waals surface area contributed by atoms with Gasteiger partial charge in [0, 0.05) is 42.6 Å². The highest BCUT2D eigenvalue weighted by molar-refractivity contribution is 7.98. The van der Waals surface area contributed by atoms with Crippen LogP contribution in [0, 0.1) is 0 Å². The first-order valence-electron chi connectivity index (χ1n) is 8.21. The van der Waals surface area contributed by atoms with Gasteiger partial charge in [0.25, 0.3) is 0 Å². The van der Waals surface area contributed by atoms with Gasteiger partial charge in [0.1, 0.15) is 0 Å². The number of thioether (sulfide) groups is 1. The molecule has 0 saturated carbocycles. The topological polar surface area (TPSA) is 26.7 Å². The lowest BCUT2D eigenvalue weighted by atomic mass is 10.1. The highest BCUT2D eigenvalue weighted by Gasteiger charge is 2.21. The monoisotopic (exact) mass is 362 g/mol. The number of anilines is 1. The van der Waals surface area contributed by atoms with E-state index in [0.717, 1.165) is 31.7 Å². The molecule has 2 aromatic rings. The Kier molecular flexibility index (Phi) is 6.06. The Morgan fingerprint density at radius 2 is 1.83 bits per heavy atom. The lowest BCUT2D eigenvalue weighted by molar-refractivity contribution is 0.109. The van der Waals surface area contributed by atoms with Crippen molar-refractivity contribution in [2.75, 3.05) is 43.9 Å². The minimum atomic E-state index is -0.492. The van der Waals surface area contributed by atoms with Gasteiger partial charge >= 0.3 is 0 Å². The second-order valence-electron chi connectivity index (χ2n) is 6.03. The van der Waals surface area contributed by atoms with Crippen LogP contribution in [-0.4, -0.2) is 49.0 Å². The Balaban J connectivity index is 1.57. The first-order valence-corrected chi connectivity index (χ1v) is 9.81. The summed E-state index contributed by atoms with van der Waals surface area (Å²) in [6.45, 7) is 4.54. The van der Waals surface area contributed by atoms with Gasteiger partial charge in [-0.05, 0) is 36.1 Å². The number of para-hydroxylation sites is 1. The SMILES string of the molecule is CSc1ccccc1N1CCN(CC(O)c2cccc(Cl)c2)CC1. The maximum atomic E-state index is 10.4. The molecular weight excluding hydrogens is 340 g/mol. The molecular formula is C19H23ClN2OS. The van der Waals surface area contributed by atoms with Gasteiger partial charge in [-0.1, -0.05) is 35.9 Å². The van der Waals surface area contributed by atoms with E-state index in [1.54, 1.807) is 11.8 Å².